The zero-order valence-corrected chi connectivity index (χ0v) is 13.4. The van der Waals surface area contributed by atoms with Crippen molar-refractivity contribution >= 4 is 5.69 Å². The summed E-state index contributed by atoms with van der Waals surface area (Å²) in [4.78, 5) is 2.47. The summed E-state index contributed by atoms with van der Waals surface area (Å²) in [5, 5.41) is 0. The summed E-state index contributed by atoms with van der Waals surface area (Å²) < 4.78 is 5.29. The van der Waals surface area contributed by atoms with Gasteiger partial charge in [-0.05, 0) is 30.9 Å². The molecule has 0 bridgehead atoms. The van der Waals surface area contributed by atoms with Crippen molar-refractivity contribution in [1.29, 1.82) is 0 Å². The molecule has 0 aliphatic carbocycles. The van der Waals surface area contributed by atoms with Gasteiger partial charge in [0.25, 0.3) is 0 Å². The second-order valence-electron chi connectivity index (χ2n) is 5.23. The van der Waals surface area contributed by atoms with Gasteiger partial charge in [0.05, 0.1) is 6.61 Å². The van der Waals surface area contributed by atoms with Crippen LogP contribution in [0.1, 0.15) is 51.6 Å². The molecule has 1 aromatic rings. The van der Waals surface area contributed by atoms with E-state index in [0.717, 1.165) is 32.4 Å². The van der Waals surface area contributed by atoms with E-state index < -0.39 is 0 Å². The number of nitrogens with two attached hydrogens (primary N) is 1. The molecule has 0 radical (unpaired) electrons. The summed E-state index contributed by atoms with van der Waals surface area (Å²) in [5.41, 5.74) is 8.81. The zero-order chi connectivity index (χ0) is 15.0. The van der Waals surface area contributed by atoms with Crippen LogP contribution in [0.3, 0.4) is 0 Å². The van der Waals surface area contributed by atoms with Crippen molar-refractivity contribution in [3.63, 3.8) is 0 Å². The van der Waals surface area contributed by atoms with E-state index in [0.29, 0.717) is 6.04 Å². The maximum absolute atomic E-state index is 6.29. The Morgan fingerprint density at radius 2 is 1.75 bits per heavy atom. The Hall–Kier alpha value is -1.06. The molecule has 1 atom stereocenters. The minimum absolute atomic E-state index is 0.102. The molecular formula is C17H30N2O. The topological polar surface area (TPSA) is 38.5 Å². The average molecular weight is 278 g/mol. The predicted octanol–water partition coefficient (Wildman–Crippen LogP) is 3.74. The van der Waals surface area contributed by atoms with Gasteiger partial charge in [0, 0.05) is 31.4 Å². The van der Waals surface area contributed by atoms with Gasteiger partial charge in [-0.2, -0.15) is 0 Å². The van der Waals surface area contributed by atoms with E-state index in [1.54, 1.807) is 7.11 Å². The molecule has 0 saturated carbocycles. The number of methoxy groups -OCH3 is 1. The fourth-order valence-electron chi connectivity index (χ4n) is 2.70. The lowest BCUT2D eigenvalue weighted by Gasteiger charge is -2.35. The van der Waals surface area contributed by atoms with Crippen molar-refractivity contribution in [3.8, 4) is 0 Å². The van der Waals surface area contributed by atoms with Crippen molar-refractivity contribution in [3.05, 3.63) is 29.8 Å². The largest absolute Gasteiger partial charge is 0.383 e. The van der Waals surface area contributed by atoms with Crippen LogP contribution in [0.25, 0.3) is 0 Å². The molecule has 0 aromatic heterocycles. The monoisotopic (exact) mass is 278 g/mol. The maximum atomic E-state index is 6.29. The molecule has 1 aromatic carbocycles. The molecular weight excluding hydrogens is 248 g/mol. The summed E-state index contributed by atoms with van der Waals surface area (Å²) in [6.07, 6.45) is 3.23. The number of benzene rings is 1. The van der Waals surface area contributed by atoms with Crippen LogP contribution >= 0.6 is 0 Å². The SMILES string of the molecule is CCC(CC)N(CCOC)c1ccccc1[C@@H](N)CC. The molecule has 0 aliphatic heterocycles. The van der Waals surface area contributed by atoms with Crippen LogP contribution in [0.2, 0.25) is 0 Å². The van der Waals surface area contributed by atoms with Crippen LogP contribution in [0.4, 0.5) is 5.69 Å². The summed E-state index contributed by atoms with van der Waals surface area (Å²) in [6, 6.07) is 9.17. The molecule has 0 fully saturated rings. The Morgan fingerprint density at radius 1 is 1.10 bits per heavy atom. The molecule has 0 amide bonds. The van der Waals surface area contributed by atoms with Crippen molar-refractivity contribution in [1.82, 2.24) is 0 Å². The summed E-state index contributed by atoms with van der Waals surface area (Å²) in [5.74, 6) is 0. The Kier molecular flexibility index (Phi) is 7.63. The highest BCUT2D eigenvalue weighted by Crippen LogP contribution is 2.29. The van der Waals surface area contributed by atoms with Crippen LogP contribution in [0.5, 0.6) is 0 Å². The van der Waals surface area contributed by atoms with Gasteiger partial charge in [0.1, 0.15) is 0 Å². The van der Waals surface area contributed by atoms with E-state index in [4.69, 9.17) is 10.5 Å². The predicted molar refractivity (Wildman–Crippen MR) is 87.3 cm³/mol. The van der Waals surface area contributed by atoms with Gasteiger partial charge in [0.2, 0.25) is 0 Å². The highest BCUT2D eigenvalue weighted by Gasteiger charge is 2.20. The van der Waals surface area contributed by atoms with Gasteiger partial charge >= 0.3 is 0 Å². The van der Waals surface area contributed by atoms with Crippen LogP contribution < -0.4 is 10.6 Å². The number of anilines is 1. The second-order valence-corrected chi connectivity index (χ2v) is 5.23. The summed E-state index contributed by atoms with van der Waals surface area (Å²) >= 11 is 0. The molecule has 0 spiro atoms. The van der Waals surface area contributed by atoms with Crippen LogP contribution in [0, 0.1) is 0 Å². The number of ether oxygens (including phenoxy) is 1. The molecule has 0 unspecified atom stereocenters. The van der Waals surface area contributed by atoms with Gasteiger partial charge in [-0.15, -0.1) is 0 Å². The highest BCUT2D eigenvalue weighted by atomic mass is 16.5. The molecule has 20 heavy (non-hydrogen) atoms. The first-order valence-electron chi connectivity index (χ1n) is 7.79. The van der Waals surface area contributed by atoms with Gasteiger partial charge in [-0.3, -0.25) is 0 Å². The third kappa shape index (κ3) is 4.22. The molecule has 0 aliphatic rings. The van der Waals surface area contributed by atoms with E-state index in [1.165, 1.54) is 11.3 Å². The Labute approximate surface area is 124 Å². The number of hydrogen-bond acceptors (Lipinski definition) is 3. The first-order valence-corrected chi connectivity index (χ1v) is 7.79. The van der Waals surface area contributed by atoms with E-state index >= 15 is 0 Å². The lowest BCUT2D eigenvalue weighted by Crippen LogP contribution is -2.38. The minimum atomic E-state index is 0.102. The third-order valence-electron chi connectivity index (χ3n) is 4.01. The fourth-order valence-corrected chi connectivity index (χ4v) is 2.70. The fraction of sp³-hybridized carbons (Fsp3) is 0.647. The Bertz CT molecular complexity index is 377. The first-order chi connectivity index (χ1) is 9.69. The van der Waals surface area contributed by atoms with Crippen molar-refractivity contribution in [2.75, 3.05) is 25.2 Å². The molecule has 114 valence electrons. The lowest BCUT2D eigenvalue weighted by molar-refractivity contribution is 0.202. The first kappa shape index (κ1) is 17.0. The minimum Gasteiger partial charge on any atom is -0.383 e. The molecule has 0 saturated heterocycles. The maximum Gasteiger partial charge on any atom is 0.0637 e. The number of nitrogens with zero attached hydrogens (tertiary/aromatic N) is 1. The summed E-state index contributed by atoms with van der Waals surface area (Å²) in [6.45, 7) is 8.28. The average Bonchev–Trinajstić information content (AvgIpc) is 2.50. The lowest BCUT2D eigenvalue weighted by atomic mass is 10.00. The zero-order valence-electron chi connectivity index (χ0n) is 13.4. The smallest absolute Gasteiger partial charge is 0.0637 e. The van der Waals surface area contributed by atoms with Gasteiger partial charge in [-0.1, -0.05) is 39.0 Å². The molecule has 0 heterocycles. The molecule has 2 N–H and O–H groups in total. The number of hydrogen-bond donors (Lipinski definition) is 1. The number of para-hydroxylation sites is 1. The number of rotatable bonds is 9. The van der Waals surface area contributed by atoms with Crippen LogP contribution in [-0.4, -0.2) is 26.3 Å². The van der Waals surface area contributed by atoms with E-state index in [2.05, 4.69) is 49.9 Å². The quantitative estimate of drug-likeness (QED) is 0.748. The second kappa shape index (κ2) is 8.98. The Balaban J connectivity index is 3.11. The van der Waals surface area contributed by atoms with Crippen molar-refractivity contribution in [2.24, 2.45) is 5.73 Å². The third-order valence-corrected chi connectivity index (χ3v) is 4.01. The van der Waals surface area contributed by atoms with Gasteiger partial charge < -0.3 is 15.4 Å². The van der Waals surface area contributed by atoms with Gasteiger partial charge in [0.15, 0.2) is 0 Å². The van der Waals surface area contributed by atoms with Crippen LogP contribution in [-0.2, 0) is 4.74 Å². The molecule has 1 rings (SSSR count). The molecule has 3 nitrogen and oxygen atoms in total. The van der Waals surface area contributed by atoms with Crippen molar-refractivity contribution < 1.29 is 4.74 Å². The normalized spacial score (nSPS) is 12.7. The standard InChI is InChI=1S/C17H30N2O/c1-5-14(6-2)19(12-13-20-4)17-11-9-8-10-15(17)16(18)7-3/h8-11,14,16H,5-7,12-13,18H2,1-4H3/t16-/m0/s1. The van der Waals surface area contributed by atoms with E-state index in [1.807, 2.05) is 0 Å². The van der Waals surface area contributed by atoms with Gasteiger partial charge in [-0.25, -0.2) is 0 Å². The molecule has 3 heteroatoms. The summed E-state index contributed by atoms with van der Waals surface area (Å²) in [7, 11) is 1.76. The van der Waals surface area contributed by atoms with Crippen LogP contribution in [0.15, 0.2) is 24.3 Å². The van der Waals surface area contributed by atoms with E-state index in [-0.39, 0.29) is 6.04 Å². The highest BCUT2D eigenvalue weighted by molar-refractivity contribution is 5.55. The van der Waals surface area contributed by atoms with E-state index in [9.17, 15) is 0 Å². The van der Waals surface area contributed by atoms with Crippen molar-refractivity contribution in [2.45, 2.75) is 52.1 Å². The Morgan fingerprint density at radius 3 is 2.30 bits per heavy atom.